The van der Waals surface area contributed by atoms with Crippen molar-refractivity contribution in [2.24, 2.45) is 0 Å². The van der Waals surface area contributed by atoms with Crippen LogP contribution in [0.2, 0.25) is 0 Å². The molecule has 0 atom stereocenters. The minimum Gasteiger partial charge on any atom is -0.497 e. The monoisotopic (exact) mass is 384 g/mol. The Bertz CT molecular complexity index is 892. The Morgan fingerprint density at radius 2 is 1.78 bits per heavy atom. The molecule has 8 heteroatoms. The molecule has 0 bridgehead atoms. The van der Waals surface area contributed by atoms with Crippen LogP contribution in [-0.2, 0) is 4.79 Å². The van der Waals surface area contributed by atoms with Crippen LogP contribution in [0.1, 0.15) is 0 Å². The van der Waals surface area contributed by atoms with Gasteiger partial charge in [0.25, 0.3) is 0 Å². The SMILES string of the molecule is COc1cc(OC)cc(-c2nc(SCC(=O)N(C)c3ccccc3)n[nH]2)c1. The molecule has 0 saturated carbocycles. The fourth-order valence-electron chi connectivity index (χ4n) is 2.40. The van der Waals surface area contributed by atoms with E-state index in [1.165, 1.54) is 11.8 Å². The van der Waals surface area contributed by atoms with Gasteiger partial charge in [-0.25, -0.2) is 4.98 Å². The first-order valence-electron chi connectivity index (χ1n) is 8.21. The molecule has 7 nitrogen and oxygen atoms in total. The Hall–Kier alpha value is -3.00. The summed E-state index contributed by atoms with van der Waals surface area (Å²) in [5, 5.41) is 7.57. The Morgan fingerprint density at radius 1 is 1.11 bits per heavy atom. The predicted octanol–water partition coefficient (Wildman–Crippen LogP) is 3.24. The van der Waals surface area contributed by atoms with Crippen LogP contribution in [0.5, 0.6) is 11.5 Å². The Morgan fingerprint density at radius 3 is 2.41 bits per heavy atom. The molecule has 0 fully saturated rings. The van der Waals surface area contributed by atoms with E-state index in [0.717, 1.165) is 11.3 Å². The fraction of sp³-hybridized carbons (Fsp3) is 0.211. The number of aromatic amines is 1. The first kappa shape index (κ1) is 18.8. The maximum atomic E-state index is 12.4. The fourth-order valence-corrected chi connectivity index (χ4v) is 3.12. The number of hydrogen-bond acceptors (Lipinski definition) is 6. The van der Waals surface area contributed by atoms with Crippen LogP contribution < -0.4 is 14.4 Å². The number of methoxy groups -OCH3 is 2. The molecule has 0 radical (unpaired) electrons. The molecule has 0 aliphatic heterocycles. The molecule has 3 aromatic rings. The lowest BCUT2D eigenvalue weighted by Crippen LogP contribution is -2.27. The summed E-state index contributed by atoms with van der Waals surface area (Å²) in [5.74, 6) is 2.12. The number of para-hydroxylation sites is 1. The second kappa shape index (κ2) is 8.59. The van der Waals surface area contributed by atoms with Crippen molar-refractivity contribution in [3.8, 4) is 22.9 Å². The number of carbonyl (C=O) groups excluding carboxylic acids is 1. The van der Waals surface area contributed by atoms with E-state index in [1.807, 2.05) is 42.5 Å². The molecule has 1 heterocycles. The number of amides is 1. The molecule has 0 saturated heterocycles. The molecule has 1 N–H and O–H groups in total. The van der Waals surface area contributed by atoms with Gasteiger partial charge in [-0.2, -0.15) is 0 Å². The second-order valence-corrected chi connectivity index (χ2v) is 6.59. The summed E-state index contributed by atoms with van der Waals surface area (Å²) in [4.78, 5) is 18.4. The van der Waals surface area contributed by atoms with Gasteiger partial charge in [0.05, 0.1) is 20.0 Å². The number of anilines is 1. The van der Waals surface area contributed by atoms with E-state index in [9.17, 15) is 4.79 Å². The van der Waals surface area contributed by atoms with E-state index < -0.39 is 0 Å². The summed E-state index contributed by atoms with van der Waals surface area (Å²) in [7, 11) is 4.94. The summed E-state index contributed by atoms with van der Waals surface area (Å²) in [6.07, 6.45) is 0. The van der Waals surface area contributed by atoms with Crippen molar-refractivity contribution >= 4 is 23.4 Å². The molecule has 3 rings (SSSR count). The number of aromatic nitrogens is 3. The van der Waals surface area contributed by atoms with Crippen LogP contribution in [0.25, 0.3) is 11.4 Å². The standard InChI is InChI=1S/C19H20N4O3S/c1-23(14-7-5-4-6-8-14)17(24)12-27-19-20-18(21-22-19)13-9-15(25-2)11-16(10-13)26-3/h4-11H,12H2,1-3H3,(H,20,21,22). The molecule has 0 spiro atoms. The molecule has 0 unspecified atom stereocenters. The van der Waals surface area contributed by atoms with Gasteiger partial charge in [-0.15, -0.1) is 5.10 Å². The Balaban J connectivity index is 1.67. The lowest BCUT2D eigenvalue weighted by Gasteiger charge is -2.16. The van der Waals surface area contributed by atoms with E-state index >= 15 is 0 Å². The van der Waals surface area contributed by atoms with Gasteiger partial charge in [0.1, 0.15) is 11.5 Å². The van der Waals surface area contributed by atoms with Gasteiger partial charge in [-0.05, 0) is 24.3 Å². The number of carbonyl (C=O) groups is 1. The molecule has 0 aliphatic carbocycles. The number of benzene rings is 2. The third-order valence-electron chi connectivity index (χ3n) is 3.93. The lowest BCUT2D eigenvalue weighted by atomic mass is 10.2. The Labute approximate surface area is 161 Å². The first-order chi connectivity index (χ1) is 13.1. The zero-order valence-electron chi connectivity index (χ0n) is 15.3. The molecule has 27 heavy (non-hydrogen) atoms. The highest BCUT2D eigenvalue weighted by Gasteiger charge is 2.14. The van der Waals surface area contributed by atoms with Crippen LogP contribution in [-0.4, -0.2) is 48.1 Å². The summed E-state index contributed by atoms with van der Waals surface area (Å²) < 4.78 is 10.6. The molecular weight excluding hydrogens is 364 g/mol. The van der Waals surface area contributed by atoms with E-state index in [2.05, 4.69) is 15.2 Å². The number of thioether (sulfide) groups is 1. The highest BCUT2D eigenvalue weighted by atomic mass is 32.2. The molecule has 140 valence electrons. The van der Waals surface area contributed by atoms with Crippen LogP contribution >= 0.6 is 11.8 Å². The molecular formula is C19H20N4O3S. The lowest BCUT2D eigenvalue weighted by molar-refractivity contribution is -0.115. The number of nitrogens with one attached hydrogen (secondary N) is 1. The van der Waals surface area contributed by atoms with Gasteiger partial charge in [-0.1, -0.05) is 30.0 Å². The van der Waals surface area contributed by atoms with Gasteiger partial charge >= 0.3 is 0 Å². The summed E-state index contributed by atoms with van der Waals surface area (Å²) in [6, 6.07) is 15.0. The maximum Gasteiger partial charge on any atom is 0.237 e. The van der Waals surface area contributed by atoms with Crippen molar-refractivity contribution in [3.63, 3.8) is 0 Å². The smallest absolute Gasteiger partial charge is 0.237 e. The summed E-state index contributed by atoms with van der Waals surface area (Å²) in [6.45, 7) is 0. The van der Waals surface area contributed by atoms with E-state index in [-0.39, 0.29) is 11.7 Å². The molecule has 1 amide bonds. The minimum atomic E-state index is -0.0272. The van der Waals surface area contributed by atoms with Crippen LogP contribution in [0, 0.1) is 0 Å². The van der Waals surface area contributed by atoms with E-state index in [1.54, 1.807) is 32.2 Å². The van der Waals surface area contributed by atoms with Crippen LogP contribution in [0.15, 0.2) is 53.7 Å². The zero-order chi connectivity index (χ0) is 19.2. The van der Waals surface area contributed by atoms with Gasteiger partial charge in [0, 0.05) is 24.4 Å². The average Bonchev–Trinajstić information content (AvgIpc) is 3.20. The minimum absolute atomic E-state index is 0.0272. The van der Waals surface area contributed by atoms with Gasteiger partial charge in [-0.3, -0.25) is 9.89 Å². The predicted molar refractivity (Wildman–Crippen MR) is 105 cm³/mol. The normalized spacial score (nSPS) is 10.5. The average molecular weight is 384 g/mol. The molecule has 1 aromatic heterocycles. The van der Waals surface area contributed by atoms with E-state index in [4.69, 9.17) is 9.47 Å². The van der Waals surface area contributed by atoms with Crippen molar-refractivity contribution in [2.75, 3.05) is 31.9 Å². The number of H-pyrrole nitrogens is 1. The van der Waals surface area contributed by atoms with Gasteiger partial charge in [0.2, 0.25) is 11.1 Å². The third kappa shape index (κ3) is 4.59. The van der Waals surface area contributed by atoms with Crippen molar-refractivity contribution in [3.05, 3.63) is 48.5 Å². The largest absolute Gasteiger partial charge is 0.497 e. The van der Waals surface area contributed by atoms with Crippen molar-refractivity contribution in [2.45, 2.75) is 5.16 Å². The number of ether oxygens (including phenoxy) is 2. The molecule has 0 aliphatic rings. The Kier molecular flexibility index (Phi) is 5.97. The van der Waals surface area contributed by atoms with Gasteiger partial charge < -0.3 is 14.4 Å². The number of rotatable bonds is 7. The first-order valence-corrected chi connectivity index (χ1v) is 9.19. The number of hydrogen-bond donors (Lipinski definition) is 1. The van der Waals surface area contributed by atoms with E-state index in [0.29, 0.717) is 22.5 Å². The molecule has 2 aromatic carbocycles. The summed E-state index contributed by atoms with van der Waals surface area (Å²) in [5.41, 5.74) is 1.64. The highest BCUT2D eigenvalue weighted by molar-refractivity contribution is 7.99. The zero-order valence-corrected chi connectivity index (χ0v) is 16.1. The van der Waals surface area contributed by atoms with Crippen molar-refractivity contribution in [1.29, 1.82) is 0 Å². The quantitative estimate of drug-likeness (QED) is 0.630. The van der Waals surface area contributed by atoms with Crippen LogP contribution in [0.4, 0.5) is 5.69 Å². The summed E-state index contributed by atoms with van der Waals surface area (Å²) >= 11 is 1.28. The van der Waals surface area contributed by atoms with Gasteiger partial charge in [0.15, 0.2) is 5.82 Å². The van der Waals surface area contributed by atoms with Crippen molar-refractivity contribution < 1.29 is 14.3 Å². The topological polar surface area (TPSA) is 80.3 Å². The maximum absolute atomic E-state index is 12.4. The highest BCUT2D eigenvalue weighted by Crippen LogP contribution is 2.28. The van der Waals surface area contributed by atoms with Crippen LogP contribution in [0.3, 0.4) is 0 Å². The second-order valence-electron chi connectivity index (χ2n) is 5.64. The number of nitrogens with zero attached hydrogens (tertiary/aromatic N) is 3. The third-order valence-corrected chi connectivity index (χ3v) is 4.76. The van der Waals surface area contributed by atoms with Crippen molar-refractivity contribution in [1.82, 2.24) is 15.2 Å².